The molecule has 0 unspecified atom stereocenters. The summed E-state index contributed by atoms with van der Waals surface area (Å²) in [6.45, 7) is 5.86. The highest BCUT2D eigenvalue weighted by Crippen LogP contribution is 2.33. The number of ether oxygens (including phenoxy) is 1. The number of rotatable bonds is 5. The molecule has 1 saturated heterocycles. The Kier molecular flexibility index (Phi) is 5.25. The van der Waals surface area contributed by atoms with Crippen molar-refractivity contribution in [2.75, 3.05) is 35.7 Å². The Hall–Kier alpha value is -3.79. The Labute approximate surface area is 202 Å². The van der Waals surface area contributed by atoms with E-state index in [0.29, 0.717) is 17.5 Å². The van der Waals surface area contributed by atoms with E-state index in [2.05, 4.69) is 45.4 Å². The fourth-order valence-corrected chi connectivity index (χ4v) is 4.72. The number of pyridine rings is 3. The van der Waals surface area contributed by atoms with Gasteiger partial charge in [-0.2, -0.15) is 0 Å². The molecule has 2 fully saturated rings. The van der Waals surface area contributed by atoms with Gasteiger partial charge in [0.05, 0.1) is 24.1 Å². The van der Waals surface area contributed by atoms with Crippen LogP contribution in [-0.2, 0) is 9.53 Å². The average molecular weight is 473 g/mol. The molecule has 1 saturated carbocycles. The minimum Gasteiger partial charge on any atom is -0.373 e. The molecule has 180 valence electrons. The number of nitrogens with zero attached hydrogens (tertiary/aromatic N) is 6. The topological polar surface area (TPSA) is 110 Å². The predicted octanol–water partition coefficient (Wildman–Crippen LogP) is 3.34. The van der Waals surface area contributed by atoms with Crippen molar-refractivity contribution in [3.63, 3.8) is 0 Å². The van der Waals surface area contributed by atoms with Gasteiger partial charge >= 0.3 is 0 Å². The molecule has 10 heteroatoms. The number of nitrogens with one attached hydrogen (secondary N) is 2. The average Bonchev–Trinajstić information content (AvgIpc) is 3.61. The van der Waals surface area contributed by atoms with E-state index in [1.807, 2.05) is 29.9 Å². The number of anilines is 3. The molecule has 0 bridgehead atoms. The summed E-state index contributed by atoms with van der Waals surface area (Å²) in [4.78, 5) is 28.4. The molecule has 4 aromatic rings. The third-order valence-electron chi connectivity index (χ3n) is 6.55. The summed E-state index contributed by atoms with van der Waals surface area (Å²) >= 11 is 0. The van der Waals surface area contributed by atoms with Crippen LogP contribution in [0.3, 0.4) is 0 Å². The maximum absolute atomic E-state index is 12.3. The Morgan fingerprint density at radius 1 is 1.09 bits per heavy atom. The van der Waals surface area contributed by atoms with Crippen LogP contribution < -0.4 is 15.5 Å². The van der Waals surface area contributed by atoms with Gasteiger partial charge in [-0.15, -0.1) is 5.10 Å². The first kappa shape index (κ1) is 21.7. The maximum Gasteiger partial charge on any atom is 0.228 e. The summed E-state index contributed by atoms with van der Waals surface area (Å²) in [6.07, 6.45) is 7.73. The van der Waals surface area contributed by atoms with Crippen molar-refractivity contribution in [2.45, 2.75) is 38.9 Å². The molecule has 2 aliphatic rings. The zero-order chi connectivity index (χ0) is 24.1. The number of fused-ring (bicyclic) bond motifs is 2. The van der Waals surface area contributed by atoms with Crippen molar-refractivity contribution in [1.82, 2.24) is 24.6 Å². The van der Waals surface area contributed by atoms with Crippen LogP contribution in [0.1, 0.15) is 26.7 Å². The number of aromatic nitrogens is 5. The van der Waals surface area contributed by atoms with Gasteiger partial charge < -0.3 is 20.3 Å². The molecule has 4 aromatic heterocycles. The summed E-state index contributed by atoms with van der Waals surface area (Å²) < 4.78 is 7.69. The number of carbonyl (C=O) groups excluding carboxylic acids is 1. The highest BCUT2D eigenvalue weighted by atomic mass is 16.5. The summed E-state index contributed by atoms with van der Waals surface area (Å²) in [5, 5.41) is 12.6. The van der Waals surface area contributed by atoms with Crippen molar-refractivity contribution in [3.05, 3.63) is 36.8 Å². The van der Waals surface area contributed by atoms with Gasteiger partial charge in [-0.25, -0.2) is 19.5 Å². The van der Waals surface area contributed by atoms with E-state index >= 15 is 0 Å². The molecule has 1 aliphatic heterocycles. The van der Waals surface area contributed by atoms with Gasteiger partial charge in [-0.1, -0.05) is 0 Å². The Morgan fingerprint density at radius 3 is 2.63 bits per heavy atom. The van der Waals surface area contributed by atoms with Gasteiger partial charge in [0.25, 0.3) is 0 Å². The van der Waals surface area contributed by atoms with Crippen molar-refractivity contribution in [1.29, 1.82) is 0 Å². The molecule has 0 radical (unpaired) electrons. The van der Waals surface area contributed by atoms with Gasteiger partial charge in [0.2, 0.25) is 5.91 Å². The molecule has 10 nitrogen and oxygen atoms in total. The molecule has 0 aromatic carbocycles. The van der Waals surface area contributed by atoms with E-state index < -0.39 is 0 Å². The fourth-order valence-electron chi connectivity index (χ4n) is 4.72. The minimum absolute atomic E-state index is 0.0198. The summed E-state index contributed by atoms with van der Waals surface area (Å²) in [6, 6.07) is 5.94. The Morgan fingerprint density at radius 2 is 1.89 bits per heavy atom. The minimum atomic E-state index is 0.0198. The number of morpholine rings is 1. The standard InChI is InChI=1S/C25H28N8O2/c1-14-11-32(12-15(2)35-14)17-6-7-22-30-24(31-33(22)13-17)20-10-28-23(26-3)19-9-27-21(8-18(19)20)29-25(34)16-4-5-16/h6-10,13-16H,4-5,11-12H2,1-3H3,(H,26,28)(H,27,29,34)/t14-,15+. The third-order valence-corrected chi connectivity index (χ3v) is 6.55. The fraction of sp³-hybridized carbons (Fsp3) is 0.400. The van der Waals surface area contributed by atoms with E-state index in [0.717, 1.165) is 53.6 Å². The van der Waals surface area contributed by atoms with E-state index in [1.54, 1.807) is 12.4 Å². The second kappa shape index (κ2) is 8.46. The lowest BCUT2D eigenvalue weighted by Crippen LogP contribution is -2.45. The van der Waals surface area contributed by atoms with Gasteiger partial charge in [0.15, 0.2) is 11.5 Å². The second-order valence-electron chi connectivity index (χ2n) is 9.44. The second-order valence-corrected chi connectivity index (χ2v) is 9.44. The Bertz CT molecular complexity index is 1420. The Balaban J connectivity index is 1.39. The third kappa shape index (κ3) is 4.14. The molecule has 2 atom stereocenters. The molecule has 1 amide bonds. The molecule has 6 rings (SSSR count). The number of hydrogen-bond donors (Lipinski definition) is 2. The maximum atomic E-state index is 12.3. The molecular formula is C25H28N8O2. The molecule has 0 spiro atoms. The van der Waals surface area contributed by atoms with E-state index in [9.17, 15) is 4.79 Å². The van der Waals surface area contributed by atoms with Crippen molar-refractivity contribution in [3.8, 4) is 11.4 Å². The summed E-state index contributed by atoms with van der Waals surface area (Å²) in [5.41, 5.74) is 2.61. The lowest BCUT2D eigenvalue weighted by Gasteiger charge is -2.36. The van der Waals surface area contributed by atoms with Crippen molar-refractivity contribution in [2.24, 2.45) is 5.92 Å². The van der Waals surface area contributed by atoms with Gasteiger partial charge in [-0.3, -0.25) is 4.79 Å². The van der Waals surface area contributed by atoms with Crippen molar-refractivity contribution >= 4 is 39.6 Å². The monoisotopic (exact) mass is 472 g/mol. The zero-order valence-corrected chi connectivity index (χ0v) is 20.0. The molecule has 5 heterocycles. The smallest absolute Gasteiger partial charge is 0.228 e. The van der Waals surface area contributed by atoms with Crippen LogP contribution >= 0.6 is 0 Å². The lowest BCUT2D eigenvalue weighted by molar-refractivity contribution is -0.117. The highest BCUT2D eigenvalue weighted by Gasteiger charge is 2.30. The molecule has 2 N–H and O–H groups in total. The first-order chi connectivity index (χ1) is 17.0. The van der Waals surface area contributed by atoms with Crippen LogP contribution in [0.25, 0.3) is 27.8 Å². The highest BCUT2D eigenvalue weighted by molar-refractivity contribution is 6.03. The normalized spacial score (nSPS) is 20.4. The van der Waals surface area contributed by atoms with Gasteiger partial charge in [0, 0.05) is 54.8 Å². The van der Waals surface area contributed by atoms with Crippen LogP contribution in [0.5, 0.6) is 0 Å². The largest absolute Gasteiger partial charge is 0.373 e. The summed E-state index contributed by atoms with van der Waals surface area (Å²) in [7, 11) is 1.82. The lowest BCUT2D eigenvalue weighted by atomic mass is 10.1. The van der Waals surface area contributed by atoms with E-state index in [-0.39, 0.29) is 24.0 Å². The number of amides is 1. The first-order valence-electron chi connectivity index (χ1n) is 12.0. The van der Waals surface area contributed by atoms with Gasteiger partial charge in [0.1, 0.15) is 11.6 Å². The van der Waals surface area contributed by atoms with Crippen LogP contribution in [0, 0.1) is 5.92 Å². The number of hydrogen-bond acceptors (Lipinski definition) is 8. The van der Waals surface area contributed by atoms with E-state index in [1.165, 1.54) is 0 Å². The first-order valence-corrected chi connectivity index (χ1v) is 12.0. The van der Waals surface area contributed by atoms with Crippen LogP contribution in [0.2, 0.25) is 0 Å². The quantitative estimate of drug-likeness (QED) is 0.455. The van der Waals surface area contributed by atoms with Crippen molar-refractivity contribution < 1.29 is 9.53 Å². The molecule has 35 heavy (non-hydrogen) atoms. The predicted molar refractivity (Wildman–Crippen MR) is 135 cm³/mol. The SMILES string of the molecule is CNc1ncc(-c2nc3ccc(N4C[C@@H](C)O[C@@H](C)C4)cn3n2)c2cc(NC(=O)C3CC3)ncc12. The number of carbonyl (C=O) groups is 1. The van der Waals surface area contributed by atoms with E-state index in [4.69, 9.17) is 14.8 Å². The van der Waals surface area contributed by atoms with Crippen LogP contribution in [0.15, 0.2) is 36.8 Å². The molecular weight excluding hydrogens is 444 g/mol. The van der Waals surface area contributed by atoms with Crippen LogP contribution in [0.4, 0.5) is 17.3 Å². The molecule has 1 aliphatic carbocycles. The zero-order valence-electron chi connectivity index (χ0n) is 20.0. The summed E-state index contributed by atoms with van der Waals surface area (Å²) in [5.74, 6) is 1.91. The van der Waals surface area contributed by atoms with Gasteiger partial charge in [-0.05, 0) is 44.9 Å². The van der Waals surface area contributed by atoms with Crippen LogP contribution in [-0.4, -0.2) is 62.8 Å².